The molecule has 2 amide bonds. The van der Waals surface area contributed by atoms with E-state index in [-0.39, 0.29) is 16.7 Å². The maximum Gasteiger partial charge on any atom is 0.319 e. The van der Waals surface area contributed by atoms with E-state index in [0.717, 1.165) is 22.3 Å². The van der Waals surface area contributed by atoms with Crippen molar-refractivity contribution in [3.8, 4) is 11.1 Å². The van der Waals surface area contributed by atoms with Crippen LogP contribution in [0.5, 0.6) is 0 Å². The predicted octanol–water partition coefficient (Wildman–Crippen LogP) is 5.04. The average molecular weight is 458 g/mol. The van der Waals surface area contributed by atoms with Gasteiger partial charge in [0.25, 0.3) is 0 Å². The van der Waals surface area contributed by atoms with Gasteiger partial charge in [0.05, 0.1) is 10.6 Å². The van der Waals surface area contributed by atoms with Crippen molar-refractivity contribution in [2.24, 2.45) is 0 Å². The van der Waals surface area contributed by atoms with Gasteiger partial charge in [-0.2, -0.15) is 0 Å². The molecular weight excluding hydrogens is 434 g/mol. The SMILES string of the molecule is O=C(NCc1cccnc1)Nc1ccc(S(=O)(=O)Cc2ccccc2-c2ccccc2)cc1. The van der Waals surface area contributed by atoms with E-state index in [1.54, 1.807) is 30.6 Å². The fourth-order valence-electron chi connectivity index (χ4n) is 3.44. The normalized spacial score (nSPS) is 11.0. The van der Waals surface area contributed by atoms with E-state index in [9.17, 15) is 13.2 Å². The second-order valence-corrected chi connectivity index (χ2v) is 9.47. The number of rotatable bonds is 7. The molecule has 0 spiro atoms. The van der Waals surface area contributed by atoms with Crippen molar-refractivity contribution >= 4 is 21.6 Å². The van der Waals surface area contributed by atoms with Crippen molar-refractivity contribution in [1.29, 1.82) is 0 Å². The first-order chi connectivity index (χ1) is 16.0. The number of carbonyl (C=O) groups is 1. The molecule has 4 rings (SSSR count). The number of pyridine rings is 1. The number of sulfone groups is 1. The van der Waals surface area contributed by atoms with Gasteiger partial charge in [0, 0.05) is 24.6 Å². The molecule has 0 aliphatic carbocycles. The highest BCUT2D eigenvalue weighted by molar-refractivity contribution is 7.90. The molecule has 0 radical (unpaired) electrons. The van der Waals surface area contributed by atoms with Gasteiger partial charge in [0.15, 0.2) is 9.84 Å². The zero-order chi connectivity index (χ0) is 23.1. The summed E-state index contributed by atoms with van der Waals surface area (Å²) in [7, 11) is -3.57. The Labute approximate surface area is 193 Å². The highest BCUT2D eigenvalue weighted by Gasteiger charge is 2.18. The van der Waals surface area contributed by atoms with Crippen LogP contribution in [0.25, 0.3) is 11.1 Å². The molecule has 7 heteroatoms. The van der Waals surface area contributed by atoms with E-state index in [4.69, 9.17) is 0 Å². The molecule has 1 heterocycles. The Morgan fingerprint density at radius 1 is 0.818 bits per heavy atom. The van der Waals surface area contributed by atoms with Gasteiger partial charge in [-0.25, -0.2) is 13.2 Å². The van der Waals surface area contributed by atoms with Crippen LogP contribution >= 0.6 is 0 Å². The van der Waals surface area contributed by atoms with Crippen LogP contribution < -0.4 is 10.6 Å². The average Bonchev–Trinajstić information content (AvgIpc) is 2.84. The third kappa shape index (κ3) is 5.84. The molecule has 0 atom stereocenters. The van der Waals surface area contributed by atoms with Crippen molar-refractivity contribution in [2.45, 2.75) is 17.2 Å². The second kappa shape index (κ2) is 10.1. The molecule has 0 unspecified atom stereocenters. The number of anilines is 1. The summed E-state index contributed by atoms with van der Waals surface area (Å²) >= 11 is 0. The van der Waals surface area contributed by atoms with Gasteiger partial charge >= 0.3 is 6.03 Å². The number of benzene rings is 3. The van der Waals surface area contributed by atoms with Crippen LogP contribution in [0.2, 0.25) is 0 Å². The smallest absolute Gasteiger partial charge is 0.319 e. The van der Waals surface area contributed by atoms with Crippen LogP contribution in [0.15, 0.2) is 108 Å². The lowest BCUT2D eigenvalue weighted by Gasteiger charge is -2.12. The molecule has 3 aromatic carbocycles. The van der Waals surface area contributed by atoms with E-state index >= 15 is 0 Å². The first-order valence-corrected chi connectivity index (χ1v) is 12.1. The lowest BCUT2D eigenvalue weighted by molar-refractivity contribution is 0.251. The number of hydrogen-bond donors (Lipinski definition) is 2. The quantitative estimate of drug-likeness (QED) is 0.407. The largest absolute Gasteiger partial charge is 0.334 e. The van der Waals surface area contributed by atoms with Crippen molar-refractivity contribution < 1.29 is 13.2 Å². The van der Waals surface area contributed by atoms with Crippen LogP contribution in [0.3, 0.4) is 0 Å². The van der Waals surface area contributed by atoms with Gasteiger partial charge in [-0.05, 0) is 52.6 Å². The van der Waals surface area contributed by atoms with Crippen molar-refractivity contribution in [2.75, 3.05) is 5.32 Å². The summed E-state index contributed by atoms with van der Waals surface area (Å²) in [4.78, 5) is 16.3. The number of nitrogens with one attached hydrogen (secondary N) is 2. The van der Waals surface area contributed by atoms with Gasteiger partial charge in [0.2, 0.25) is 0 Å². The molecule has 0 saturated carbocycles. The Kier molecular flexibility index (Phi) is 6.80. The predicted molar refractivity (Wildman–Crippen MR) is 129 cm³/mol. The van der Waals surface area contributed by atoms with Gasteiger partial charge in [-0.15, -0.1) is 0 Å². The van der Waals surface area contributed by atoms with Crippen LogP contribution in [-0.4, -0.2) is 19.4 Å². The summed E-state index contributed by atoms with van der Waals surface area (Å²) in [5.74, 6) is -0.115. The lowest BCUT2D eigenvalue weighted by Crippen LogP contribution is -2.28. The summed E-state index contributed by atoms with van der Waals surface area (Å²) in [5, 5.41) is 5.44. The molecule has 0 fully saturated rings. The van der Waals surface area contributed by atoms with E-state index in [2.05, 4.69) is 15.6 Å². The Balaban J connectivity index is 1.43. The van der Waals surface area contributed by atoms with E-state index in [1.807, 2.05) is 60.7 Å². The molecule has 0 saturated heterocycles. The molecular formula is C26H23N3O3S. The standard InChI is InChI=1S/C26H23N3O3S/c30-26(28-18-20-7-6-16-27-17-20)29-23-12-14-24(15-13-23)33(31,32)19-22-10-4-5-11-25(22)21-8-2-1-3-9-21/h1-17H,18-19H2,(H2,28,29,30). The van der Waals surface area contributed by atoms with Gasteiger partial charge < -0.3 is 10.6 Å². The van der Waals surface area contributed by atoms with Crippen LogP contribution in [0, 0.1) is 0 Å². The molecule has 2 N–H and O–H groups in total. The minimum absolute atomic E-state index is 0.115. The highest BCUT2D eigenvalue weighted by atomic mass is 32.2. The zero-order valence-electron chi connectivity index (χ0n) is 17.8. The van der Waals surface area contributed by atoms with Gasteiger partial charge in [0.1, 0.15) is 0 Å². The minimum Gasteiger partial charge on any atom is -0.334 e. The Morgan fingerprint density at radius 2 is 1.55 bits per heavy atom. The summed E-state index contributed by atoms with van der Waals surface area (Å²) in [6, 6.07) is 26.7. The summed E-state index contributed by atoms with van der Waals surface area (Å²) in [6.45, 7) is 0.340. The fourth-order valence-corrected chi connectivity index (χ4v) is 4.82. The molecule has 33 heavy (non-hydrogen) atoms. The highest BCUT2D eigenvalue weighted by Crippen LogP contribution is 2.27. The van der Waals surface area contributed by atoms with Crippen molar-refractivity contribution in [1.82, 2.24) is 10.3 Å². The van der Waals surface area contributed by atoms with Crippen LogP contribution in [0.4, 0.5) is 10.5 Å². The fraction of sp³-hybridized carbons (Fsp3) is 0.0769. The summed E-state index contributed by atoms with van der Waals surface area (Å²) < 4.78 is 26.1. The monoisotopic (exact) mass is 457 g/mol. The first kappa shape index (κ1) is 22.2. The molecule has 166 valence electrons. The zero-order valence-corrected chi connectivity index (χ0v) is 18.6. The molecule has 1 aromatic heterocycles. The topological polar surface area (TPSA) is 88.2 Å². The van der Waals surface area contributed by atoms with Crippen LogP contribution in [0.1, 0.15) is 11.1 Å². The van der Waals surface area contributed by atoms with Gasteiger partial charge in [-0.1, -0.05) is 60.7 Å². The summed E-state index contributed by atoms with van der Waals surface area (Å²) in [5.41, 5.74) is 3.98. The number of hydrogen-bond acceptors (Lipinski definition) is 4. The molecule has 4 aromatic rings. The number of urea groups is 1. The minimum atomic E-state index is -3.57. The Bertz CT molecular complexity index is 1320. The lowest BCUT2D eigenvalue weighted by atomic mass is 10.0. The maximum atomic E-state index is 13.1. The second-order valence-electron chi connectivity index (χ2n) is 7.48. The Morgan fingerprint density at radius 3 is 2.27 bits per heavy atom. The number of nitrogens with zero attached hydrogens (tertiary/aromatic N) is 1. The van der Waals surface area contributed by atoms with Crippen molar-refractivity contribution in [3.05, 3.63) is 115 Å². The van der Waals surface area contributed by atoms with E-state index < -0.39 is 9.84 Å². The van der Waals surface area contributed by atoms with E-state index in [1.165, 1.54) is 12.1 Å². The van der Waals surface area contributed by atoms with Gasteiger partial charge in [-0.3, -0.25) is 4.98 Å². The third-order valence-corrected chi connectivity index (χ3v) is 6.78. The van der Waals surface area contributed by atoms with E-state index in [0.29, 0.717) is 12.2 Å². The molecule has 0 aliphatic heterocycles. The third-order valence-electron chi connectivity index (χ3n) is 5.09. The molecule has 0 aliphatic rings. The number of aromatic nitrogens is 1. The molecule has 0 bridgehead atoms. The maximum absolute atomic E-state index is 13.1. The first-order valence-electron chi connectivity index (χ1n) is 10.4. The summed E-state index contributed by atoms with van der Waals surface area (Å²) in [6.07, 6.45) is 3.34. The van der Waals surface area contributed by atoms with Crippen LogP contribution in [-0.2, 0) is 22.1 Å². The Hall–Kier alpha value is -3.97. The number of amides is 2. The molecule has 6 nitrogen and oxygen atoms in total. The van der Waals surface area contributed by atoms with Crippen molar-refractivity contribution in [3.63, 3.8) is 0 Å². The number of carbonyl (C=O) groups excluding carboxylic acids is 1.